The number of hydrogen-bond donors (Lipinski definition) is 1. The van der Waals surface area contributed by atoms with E-state index in [-0.39, 0.29) is 0 Å². The number of anilines is 1. The molecule has 1 N–H and O–H groups in total. The Labute approximate surface area is 123 Å². The van der Waals surface area contributed by atoms with Crippen LogP contribution < -0.4 is 10.1 Å². The standard InChI is InChI=1S/C15H14ClN3O/c1-18-15-7-6-13(16)14(19-15)10-20-12-4-2-11(3-5-12)8-9-17/h2-7H,8,10H2,1H3,(H,18,19). The number of pyridine rings is 1. The highest BCUT2D eigenvalue weighted by molar-refractivity contribution is 6.31. The minimum atomic E-state index is 0.298. The molecule has 0 aliphatic carbocycles. The maximum Gasteiger partial charge on any atom is 0.132 e. The lowest BCUT2D eigenvalue weighted by atomic mass is 10.2. The smallest absolute Gasteiger partial charge is 0.132 e. The van der Waals surface area contributed by atoms with Gasteiger partial charge in [0.2, 0.25) is 0 Å². The van der Waals surface area contributed by atoms with E-state index in [0.29, 0.717) is 23.7 Å². The second kappa shape index (κ2) is 6.78. The van der Waals surface area contributed by atoms with E-state index in [1.807, 2.05) is 30.3 Å². The summed E-state index contributed by atoms with van der Waals surface area (Å²) in [7, 11) is 1.80. The Kier molecular flexibility index (Phi) is 4.80. The number of aromatic nitrogens is 1. The molecule has 1 aromatic heterocycles. The molecule has 0 radical (unpaired) electrons. The fourth-order valence-electron chi connectivity index (χ4n) is 1.67. The molecule has 1 heterocycles. The molecule has 102 valence electrons. The molecule has 0 aliphatic rings. The third kappa shape index (κ3) is 3.62. The zero-order valence-corrected chi connectivity index (χ0v) is 11.8. The number of hydrogen-bond acceptors (Lipinski definition) is 4. The molecule has 2 rings (SSSR count). The van der Waals surface area contributed by atoms with Gasteiger partial charge in [-0.3, -0.25) is 0 Å². The van der Waals surface area contributed by atoms with Crippen molar-refractivity contribution in [2.45, 2.75) is 13.0 Å². The van der Waals surface area contributed by atoms with Gasteiger partial charge >= 0.3 is 0 Å². The monoisotopic (exact) mass is 287 g/mol. The fraction of sp³-hybridized carbons (Fsp3) is 0.200. The second-order valence-corrected chi connectivity index (χ2v) is 4.55. The molecule has 0 saturated carbocycles. The normalized spacial score (nSPS) is 9.85. The SMILES string of the molecule is CNc1ccc(Cl)c(COc2ccc(CC#N)cc2)n1. The van der Waals surface area contributed by atoms with Gasteiger partial charge in [0, 0.05) is 7.05 Å². The van der Waals surface area contributed by atoms with Gasteiger partial charge in [-0.2, -0.15) is 5.26 Å². The molecule has 4 nitrogen and oxygen atoms in total. The maximum atomic E-state index is 8.61. The lowest BCUT2D eigenvalue weighted by molar-refractivity contribution is 0.301. The first-order valence-electron chi connectivity index (χ1n) is 6.15. The number of halogens is 1. The summed E-state index contributed by atoms with van der Waals surface area (Å²) in [5.41, 5.74) is 1.65. The number of nitriles is 1. The van der Waals surface area contributed by atoms with Crippen molar-refractivity contribution in [3.63, 3.8) is 0 Å². The number of ether oxygens (including phenoxy) is 1. The van der Waals surface area contributed by atoms with E-state index in [0.717, 1.165) is 17.1 Å². The van der Waals surface area contributed by atoms with Gasteiger partial charge in [-0.25, -0.2) is 4.98 Å². The molecule has 0 aliphatic heterocycles. The predicted molar refractivity (Wildman–Crippen MR) is 78.9 cm³/mol. The molecule has 0 bridgehead atoms. The first-order chi connectivity index (χ1) is 9.72. The van der Waals surface area contributed by atoms with Crippen LogP contribution in [0.1, 0.15) is 11.3 Å². The lowest BCUT2D eigenvalue weighted by Gasteiger charge is -2.09. The van der Waals surface area contributed by atoms with Crippen molar-refractivity contribution in [3.05, 3.63) is 52.7 Å². The van der Waals surface area contributed by atoms with E-state index in [1.165, 1.54) is 0 Å². The van der Waals surface area contributed by atoms with Gasteiger partial charge in [-0.15, -0.1) is 0 Å². The predicted octanol–water partition coefficient (Wildman–Crippen LogP) is 3.42. The molecule has 20 heavy (non-hydrogen) atoms. The zero-order valence-electron chi connectivity index (χ0n) is 11.1. The highest BCUT2D eigenvalue weighted by atomic mass is 35.5. The number of benzene rings is 1. The average Bonchev–Trinajstić information content (AvgIpc) is 2.48. The highest BCUT2D eigenvalue weighted by Gasteiger charge is 2.05. The van der Waals surface area contributed by atoms with Crippen LogP contribution in [-0.2, 0) is 13.0 Å². The lowest BCUT2D eigenvalue weighted by Crippen LogP contribution is -2.02. The molecule has 5 heteroatoms. The van der Waals surface area contributed by atoms with Crippen LogP contribution in [0.25, 0.3) is 0 Å². The third-order valence-corrected chi connectivity index (χ3v) is 3.10. The summed E-state index contributed by atoms with van der Waals surface area (Å²) in [6.07, 6.45) is 0.401. The second-order valence-electron chi connectivity index (χ2n) is 4.14. The van der Waals surface area contributed by atoms with Crippen molar-refractivity contribution in [1.82, 2.24) is 4.98 Å². The van der Waals surface area contributed by atoms with Crippen LogP contribution in [0.3, 0.4) is 0 Å². The molecule has 1 aromatic carbocycles. The van der Waals surface area contributed by atoms with Crippen molar-refractivity contribution in [2.24, 2.45) is 0 Å². The van der Waals surface area contributed by atoms with Crippen LogP contribution in [0.15, 0.2) is 36.4 Å². The Morgan fingerprint density at radius 1 is 1.25 bits per heavy atom. The van der Waals surface area contributed by atoms with E-state index in [4.69, 9.17) is 21.6 Å². The van der Waals surface area contributed by atoms with Gasteiger partial charge in [0.05, 0.1) is 23.2 Å². The first kappa shape index (κ1) is 14.2. The summed E-state index contributed by atoms with van der Waals surface area (Å²) in [5.74, 6) is 1.47. The van der Waals surface area contributed by atoms with E-state index in [9.17, 15) is 0 Å². The number of nitrogens with one attached hydrogen (secondary N) is 1. The topological polar surface area (TPSA) is 57.9 Å². The largest absolute Gasteiger partial charge is 0.487 e. The summed E-state index contributed by atoms with van der Waals surface area (Å²) in [5, 5.41) is 12.1. The van der Waals surface area contributed by atoms with Crippen molar-refractivity contribution in [1.29, 1.82) is 5.26 Å². The van der Waals surface area contributed by atoms with Gasteiger partial charge < -0.3 is 10.1 Å². The van der Waals surface area contributed by atoms with Gasteiger partial charge in [0.1, 0.15) is 18.2 Å². The van der Waals surface area contributed by atoms with Crippen LogP contribution in [-0.4, -0.2) is 12.0 Å². The van der Waals surface area contributed by atoms with Gasteiger partial charge in [0.25, 0.3) is 0 Å². The molecule has 2 aromatic rings. The summed E-state index contributed by atoms with van der Waals surface area (Å²) in [6.45, 7) is 0.298. The highest BCUT2D eigenvalue weighted by Crippen LogP contribution is 2.19. The third-order valence-electron chi connectivity index (χ3n) is 2.76. The van der Waals surface area contributed by atoms with Crippen LogP contribution in [0.5, 0.6) is 5.75 Å². The molecule has 0 amide bonds. The first-order valence-corrected chi connectivity index (χ1v) is 6.52. The molecular weight excluding hydrogens is 274 g/mol. The Bertz CT molecular complexity index is 620. The summed E-state index contributed by atoms with van der Waals surface area (Å²) >= 11 is 6.08. The van der Waals surface area contributed by atoms with Gasteiger partial charge in [-0.1, -0.05) is 23.7 Å². The Hall–Kier alpha value is -2.25. The maximum absolute atomic E-state index is 8.61. The van der Waals surface area contributed by atoms with Crippen LogP contribution in [0.2, 0.25) is 5.02 Å². The molecule has 0 fully saturated rings. The number of rotatable bonds is 5. The number of nitrogens with zero attached hydrogens (tertiary/aromatic N) is 2. The fourth-order valence-corrected chi connectivity index (χ4v) is 1.83. The van der Waals surface area contributed by atoms with Crippen molar-refractivity contribution < 1.29 is 4.74 Å². The Morgan fingerprint density at radius 2 is 2.00 bits per heavy atom. The van der Waals surface area contributed by atoms with Gasteiger partial charge in [0.15, 0.2) is 0 Å². The molecule has 0 spiro atoms. The summed E-state index contributed by atoms with van der Waals surface area (Å²) < 4.78 is 5.65. The van der Waals surface area contributed by atoms with Gasteiger partial charge in [-0.05, 0) is 29.8 Å². The summed E-state index contributed by atoms with van der Waals surface area (Å²) in [4.78, 5) is 4.34. The van der Waals surface area contributed by atoms with E-state index >= 15 is 0 Å². The molecular formula is C15H14ClN3O. The molecule has 0 unspecified atom stereocenters. The quantitative estimate of drug-likeness (QED) is 0.915. The minimum absolute atomic E-state index is 0.298. The minimum Gasteiger partial charge on any atom is -0.487 e. The van der Waals surface area contributed by atoms with Crippen molar-refractivity contribution >= 4 is 17.4 Å². The average molecular weight is 288 g/mol. The Balaban J connectivity index is 2.03. The zero-order chi connectivity index (χ0) is 14.4. The van der Waals surface area contributed by atoms with Crippen molar-refractivity contribution in [2.75, 3.05) is 12.4 Å². The van der Waals surface area contributed by atoms with Crippen LogP contribution >= 0.6 is 11.6 Å². The van der Waals surface area contributed by atoms with Crippen LogP contribution in [0, 0.1) is 11.3 Å². The Morgan fingerprint density at radius 3 is 2.65 bits per heavy atom. The van der Waals surface area contributed by atoms with Crippen LogP contribution in [0.4, 0.5) is 5.82 Å². The van der Waals surface area contributed by atoms with E-state index in [1.54, 1.807) is 13.1 Å². The van der Waals surface area contributed by atoms with Crippen molar-refractivity contribution in [3.8, 4) is 11.8 Å². The van der Waals surface area contributed by atoms with E-state index < -0.39 is 0 Å². The molecule has 0 saturated heterocycles. The summed E-state index contributed by atoms with van der Waals surface area (Å²) in [6, 6.07) is 13.1. The molecule has 0 atom stereocenters. The van der Waals surface area contributed by atoms with E-state index in [2.05, 4.69) is 16.4 Å².